The maximum atomic E-state index is 9.44. The van der Waals surface area contributed by atoms with Crippen molar-refractivity contribution in [3.63, 3.8) is 0 Å². The van der Waals surface area contributed by atoms with E-state index in [0.717, 1.165) is 42.4 Å². The third kappa shape index (κ3) is 3.04. The molecule has 0 radical (unpaired) electrons. The van der Waals surface area contributed by atoms with Gasteiger partial charge in [0.25, 0.3) is 0 Å². The molecule has 0 unspecified atom stereocenters. The molecule has 0 bridgehead atoms. The highest BCUT2D eigenvalue weighted by Crippen LogP contribution is 2.33. The van der Waals surface area contributed by atoms with Crippen LogP contribution in [0.4, 0.5) is 5.82 Å². The largest absolute Gasteiger partial charge is 0.357 e. The topological polar surface area (TPSA) is 52.8 Å². The minimum absolute atomic E-state index is 0.715. The number of anilines is 1. The van der Waals surface area contributed by atoms with Crippen LogP contribution in [0.5, 0.6) is 0 Å². The highest BCUT2D eigenvalue weighted by atomic mass is 15.2. The molecule has 0 amide bonds. The Hall–Kier alpha value is -1.63. The lowest BCUT2D eigenvalue weighted by Gasteiger charge is -2.20. The van der Waals surface area contributed by atoms with Crippen molar-refractivity contribution in [1.82, 2.24) is 10.2 Å². The molecule has 2 rings (SSSR count). The van der Waals surface area contributed by atoms with Gasteiger partial charge in [-0.1, -0.05) is 26.7 Å². The first-order chi connectivity index (χ1) is 9.21. The summed E-state index contributed by atoms with van der Waals surface area (Å²) in [6, 6.07) is 2.33. The van der Waals surface area contributed by atoms with Gasteiger partial charge < -0.3 is 4.90 Å². The second-order valence-corrected chi connectivity index (χ2v) is 5.30. The van der Waals surface area contributed by atoms with Crippen LogP contribution < -0.4 is 4.90 Å². The van der Waals surface area contributed by atoms with E-state index in [1.807, 2.05) is 7.05 Å². The van der Waals surface area contributed by atoms with Crippen LogP contribution in [0.15, 0.2) is 0 Å². The molecule has 1 fully saturated rings. The van der Waals surface area contributed by atoms with Crippen molar-refractivity contribution in [3.05, 3.63) is 16.8 Å². The Morgan fingerprint density at radius 1 is 1.26 bits per heavy atom. The monoisotopic (exact) mass is 258 g/mol. The molecule has 1 aliphatic rings. The minimum atomic E-state index is 0.715. The molecule has 4 heteroatoms. The summed E-state index contributed by atoms with van der Waals surface area (Å²) >= 11 is 0. The molecule has 0 atom stereocenters. The maximum absolute atomic E-state index is 9.44. The molecule has 1 aliphatic carbocycles. The molecule has 0 N–H and O–H groups in total. The molecule has 0 saturated heterocycles. The first-order valence-corrected chi connectivity index (χ1v) is 7.20. The molecule has 1 saturated carbocycles. The normalized spacial score (nSPS) is 14.2. The Labute approximate surface area is 115 Å². The average molecular weight is 258 g/mol. The lowest BCUT2D eigenvalue weighted by molar-refractivity contribution is 0.699. The summed E-state index contributed by atoms with van der Waals surface area (Å²) in [5.74, 6) is 1.64. The molecule has 1 aromatic heterocycles. The number of aryl methyl sites for hydroxylation is 1. The van der Waals surface area contributed by atoms with Crippen molar-refractivity contribution in [2.75, 3.05) is 18.5 Å². The van der Waals surface area contributed by atoms with E-state index in [9.17, 15) is 5.26 Å². The summed E-state index contributed by atoms with van der Waals surface area (Å²) in [4.78, 5) is 2.09. The molecule has 1 aromatic rings. The van der Waals surface area contributed by atoms with E-state index in [0.29, 0.717) is 5.56 Å². The van der Waals surface area contributed by atoms with Gasteiger partial charge in [-0.2, -0.15) is 10.4 Å². The lowest BCUT2D eigenvalue weighted by Crippen LogP contribution is -2.23. The van der Waals surface area contributed by atoms with E-state index in [2.05, 4.69) is 35.0 Å². The van der Waals surface area contributed by atoms with Gasteiger partial charge in [0.05, 0.1) is 5.69 Å². The van der Waals surface area contributed by atoms with Crippen LogP contribution in [-0.4, -0.2) is 23.8 Å². The second kappa shape index (κ2) is 6.01. The number of hydrogen-bond donors (Lipinski definition) is 0. The van der Waals surface area contributed by atoms with Gasteiger partial charge in [0, 0.05) is 13.6 Å². The quantitative estimate of drug-likeness (QED) is 0.787. The van der Waals surface area contributed by atoms with Gasteiger partial charge in [0.15, 0.2) is 5.82 Å². The Balaban J connectivity index is 2.25. The van der Waals surface area contributed by atoms with Crippen LogP contribution in [0.25, 0.3) is 0 Å². The zero-order chi connectivity index (χ0) is 13.8. The minimum Gasteiger partial charge on any atom is -0.357 e. The predicted molar refractivity (Wildman–Crippen MR) is 76.1 cm³/mol. The Morgan fingerprint density at radius 3 is 2.53 bits per heavy atom. The fraction of sp³-hybridized carbons (Fsp3) is 0.667. The van der Waals surface area contributed by atoms with Crippen LogP contribution in [-0.2, 0) is 12.8 Å². The fourth-order valence-electron chi connectivity index (χ4n) is 2.44. The SMILES string of the molecule is CCc1nnc(N(C)CCC2CC2)c(C#N)c1CC. The molecule has 102 valence electrons. The summed E-state index contributed by atoms with van der Waals surface area (Å²) in [6.45, 7) is 5.09. The zero-order valence-electron chi connectivity index (χ0n) is 12.1. The van der Waals surface area contributed by atoms with Crippen LogP contribution in [0.3, 0.4) is 0 Å². The fourth-order valence-corrected chi connectivity index (χ4v) is 2.44. The smallest absolute Gasteiger partial charge is 0.169 e. The third-order valence-corrected chi connectivity index (χ3v) is 3.87. The van der Waals surface area contributed by atoms with Gasteiger partial charge in [-0.25, -0.2) is 0 Å². The van der Waals surface area contributed by atoms with E-state index >= 15 is 0 Å². The highest BCUT2D eigenvalue weighted by Gasteiger charge is 2.23. The van der Waals surface area contributed by atoms with Gasteiger partial charge in [-0.3, -0.25) is 0 Å². The van der Waals surface area contributed by atoms with Gasteiger partial charge >= 0.3 is 0 Å². The van der Waals surface area contributed by atoms with Crippen LogP contribution in [0.1, 0.15) is 49.9 Å². The number of hydrogen-bond acceptors (Lipinski definition) is 4. The number of aromatic nitrogens is 2. The summed E-state index contributed by atoms with van der Waals surface area (Å²) in [5, 5.41) is 18.0. The van der Waals surface area contributed by atoms with Gasteiger partial charge in [0.2, 0.25) is 0 Å². The van der Waals surface area contributed by atoms with Gasteiger partial charge in [0.1, 0.15) is 11.6 Å². The first-order valence-electron chi connectivity index (χ1n) is 7.20. The predicted octanol–water partition coefficient (Wildman–Crippen LogP) is 2.71. The Kier molecular flexibility index (Phi) is 4.36. The standard InChI is InChI=1S/C15H22N4/c1-4-12-13(10-16)15(18-17-14(12)5-2)19(3)9-8-11-6-7-11/h11H,4-9H2,1-3H3. The molecule has 0 spiro atoms. The van der Waals surface area contributed by atoms with Crippen molar-refractivity contribution in [3.8, 4) is 6.07 Å². The van der Waals surface area contributed by atoms with Gasteiger partial charge in [-0.05, 0) is 30.7 Å². The molecule has 0 aliphatic heterocycles. The number of nitrogens with zero attached hydrogens (tertiary/aromatic N) is 4. The van der Waals surface area contributed by atoms with E-state index in [1.54, 1.807) is 0 Å². The van der Waals surface area contributed by atoms with E-state index in [4.69, 9.17) is 0 Å². The van der Waals surface area contributed by atoms with Crippen LogP contribution in [0, 0.1) is 17.2 Å². The third-order valence-electron chi connectivity index (χ3n) is 3.87. The van der Waals surface area contributed by atoms with Crippen molar-refractivity contribution in [2.24, 2.45) is 5.92 Å². The van der Waals surface area contributed by atoms with E-state index < -0.39 is 0 Å². The van der Waals surface area contributed by atoms with Crippen molar-refractivity contribution < 1.29 is 0 Å². The second-order valence-electron chi connectivity index (χ2n) is 5.30. The van der Waals surface area contributed by atoms with Crippen molar-refractivity contribution >= 4 is 5.82 Å². The molecule has 1 heterocycles. The number of rotatable bonds is 6. The summed E-state index contributed by atoms with van der Waals surface area (Å²) < 4.78 is 0. The lowest BCUT2D eigenvalue weighted by atomic mass is 10.0. The molecular formula is C15H22N4. The summed E-state index contributed by atoms with van der Waals surface area (Å²) in [7, 11) is 2.01. The Morgan fingerprint density at radius 2 is 2.00 bits per heavy atom. The Bertz CT molecular complexity index is 486. The number of nitriles is 1. The maximum Gasteiger partial charge on any atom is 0.169 e. The van der Waals surface area contributed by atoms with Gasteiger partial charge in [-0.15, -0.1) is 5.10 Å². The first kappa shape index (κ1) is 13.8. The highest BCUT2D eigenvalue weighted by molar-refractivity contribution is 5.57. The van der Waals surface area contributed by atoms with Crippen LogP contribution >= 0.6 is 0 Å². The average Bonchev–Trinajstić information content (AvgIpc) is 3.26. The molecule has 19 heavy (non-hydrogen) atoms. The van der Waals surface area contributed by atoms with E-state index in [1.165, 1.54) is 19.3 Å². The van der Waals surface area contributed by atoms with Crippen LogP contribution in [0.2, 0.25) is 0 Å². The van der Waals surface area contributed by atoms with E-state index in [-0.39, 0.29) is 0 Å². The molecular weight excluding hydrogens is 236 g/mol. The summed E-state index contributed by atoms with van der Waals surface area (Å²) in [6.07, 6.45) is 5.58. The summed E-state index contributed by atoms with van der Waals surface area (Å²) in [5.41, 5.74) is 2.74. The molecule has 4 nitrogen and oxygen atoms in total. The molecule has 0 aromatic carbocycles. The zero-order valence-corrected chi connectivity index (χ0v) is 12.1. The van der Waals surface area contributed by atoms with Crippen molar-refractivity contribution in [1.29, 1.82) is 5.26 Å². The van der Waals surface area contributed by atoms with Crippen molar-refractivity contribution in [2.45, 2.75) is 46.0 Å².